The Labute approximate surface area is 162 Å². The van der Waals surface area contributed by atoms with Gasteiger partial charge in [-0.3, -0.25) is 14.6 Å². The topological polar surface area (TPSA) is 53.5 Å². The highest BCUT2D eigenvalue weighted by atomic mass is 35.5. The minimum Gasteiger partial charge on any atom is -0.272 e. The van der Waals surface area contributed by atoms with E-state index in [1.54, 1.807) is 0 Å². The summed E-state index contributed by atoms with van der Waals surface area (Å²) in [5.41, 5.74) is -1.01. The minimum absolute atomic E-state index is 0.0268. The molecular weight excluding hydrogens is 403 g/mol. The van der Waals surface area contributed by atoms with Gasteiger partial charge in [0, 0.05) is 18.1 Å². The van der Waals surface area contributed by atoms with Gasteiger partial charge in [-0.1, -0.05) is 29.8 Å². The molecule has 1 aliphatic heterocycles. The van der Waals surface area contributed by atoms with Gasteiger partial charge in [-0.15, -0.1) is 11.8 Å². The Hall–Kier alpha value is -2.26. The van der Waals surface area contributed by atoms with Crippen molar-refractivity contribution < 1.29 is 22.8 Å². The molecule has 0 aliphatic carbocycles. The van der Waals surface area contributed by atoms with E-state index >= 15 is 0 Å². The summed E-state index contributed by atoms with van der Waals surface area (Å²) in [6, 6.07) is 9.83. The second-order valence-corrected chi connectivity index (χ2v) is 7.40. The van der Waals surface area contributed by atoms with Gasteiger partial charge in [-0.25, -0.2) is 4.98 Å². The predicted octanol–water partition coefficient (Wildman–Crippen LogP) is 4.02. The van der Waals surface area contributed by atoms with Gasteiger partial charge >= 0.3 is 6.18 Å². The summed E-state index contributed by atoms with van der Waals surface area (Å²) >= 11 is 7.16. The lowest BCUT2D eigenvalue weighted by atomic mass is 10.3. The molecule has 2 aromatic rings. The molecule has 142 valence electrons. The van der Waals surface area contributed by atoms with E-state index in [0.29, 0.717) is 12.3 Å². The molecule has 1 aromatic heterocycles. The van der Waals surface area contributed by atoms with E-state index in [2.05, 4.69) is 4.98 Å². The van der Waals surface area contributed by atoms with Crippen molar-refractivity contribution in [3.63, 3.8) is 0 Å². The summed E-state index contributed by atoms with van der Waals surface area (Å²) in [5.74, 6) is -1.07. The number of hydrogen-bond donors (Lipinski definition) is 0. The van der Waals surface area contributed by atoms with Crippen molar-refractivity contribution in [1.82, 2.24) is 9.99 Å². The average Bonchev–Trinajstić information content (AvgIpc) is 2.88. The third-order valence-corrected chi connectivity index (χ3v) is 5.33. The van der Waals surface area contributed by atoms with Gasteiger partial charge in [-0.05, 0) is 18.2 Å². The fourth-order valence-electron chi connectivity index (χ4n) is 2.58. The Balaban J connectivity index is 1.81. The quantitative estimate of drug-likeness (QED) is 0.706. The number of hydrazine groups is 1. The zero-order chi connectivity index (χ0) is 19.8. The zero-order valence-corrected chi connectivity index (χ0v) is 15.5. The maximum atomic E-state index is 12.8. The third-order valence-electron chi connectivity index (χ3n) is 3.86. The second-order valence-electron chi connectivity index (χ2n) is 5.72. The number of aromatic nitrogens is 1. The summed E-state index contributed by atoms with van der Waals surface area (Å²) in [4.78, 5) is 29.5. The van der Waals surface area contributed by atoms with Crippen LogP contribution in [-0.2, 0) is 15.8 Å². The van der Waals surface area contributed by atoms with Crippen molar-refractivity contribution in [2.45, 2.75) is 22.7 Å². The number of carbonyl (C=O) groups excluding carboxylic acids is 2. The summed E-state index contributed by atoms with van der Waals surface area (Å²) in [6.07, 6.45) is -4.01. The first kappa shape index (κ1) is 19.5. The van der Waals surface area contributed by atoms with Crippen LogP contribution in [0.5, 0.6) is 0 Å². The highest BCUT2D eigenvalue weighted by Gasteiger charge is 2.42. The van der Waals surface area contributed by atoms with Crippen LogP contribution in [0.4, 0.5) is 19.0 Å². The van der Waals surface area contributed by atoms with Crippen LogP contribution in [0.15, 0.2) is 47.5 Å². The molecule has 2 amide bonds. The first-order valence-electron chi connectivity index (χ1n) is 7.73. The standard InChI is InChI=1S/C17H13ClF3N3O2S/c1-23(15-12(18)7-10(9-22-15)17(19,20)21)24-14(25)8-13(16(24)26)27-11-5-3-2-4-6-11/h2-7,9,13H,8H2,1H3/t13-/m0/s1. The molecule has 3 rings (SSSR count). The second kappa shape index (κ2) is 7.40. The molecule has 2 heterocycles. The first-order valence-corrected chi connectivity index (χ1v) is 8.99. The number of halogens is 4. The van der Waals surface area contributed by atoms with Crippen LogP contribution in [0.1, 0.15) is 12.0 Å². The molecule has 1 atom stereocenters. The van der Waals surface area contributed by atoms with Crippen molar-refractivity contribution in [2.24, 2.45) is 0 Å². The van der Waals surface area contributed by atoms with E-state index in [1.165, 1.54) is 18.8 Å². The smallest absolute Gasteiger partial charge is 0.272 e. The molecule has 1 fully saturated rings. The predicted molar refractivity (Wildman–Crippen MR) is 95.2 cm³/mol. The van der Waals surface area contributed by atoms with Gasteiger partial charge in [0.25, 0.3) is 5.91 Å². The Morgan fingerprint density at radius 1 is 1.26 bits per heavy atom. The number of hydrogen-bond acceptors (Lipinski definition) is 5. The van der Waals surface area contributed by atoms with Crippen LogP contribution in [0.3, 0.4) is 0 Å². The van der Waals surface area contributed by atoms with Gasteiger partial charge in [-0.2, -0.15) is 18.2 Å². The van der Waals surface area contributed by atoms with E-state index in [0.717, 1.165) is 14.9 Å². The molecule has 0 radical (unpaired) electrons. The zero-order valence-electron chi connectivity index (χ0n) is 13.9. The Morgan fingerprint density at radius 3 is 2.52 bits per heavy atom. The molecular formula is C17H13ClF3N3O2S. The molecule has 27 heavy (non-hydrogen) atoms. The maximum absolute atomic E-state index is 12.8. The number of imide groups is 1. The minimum atomic E-state index is -4.59. The van der Waals surface area contributed by atoms with Gasteiger partial charge in [0.15, 0.2) is 5.82 Å². The SMILES string of the molecule is CN(c1ncc(C(F)(F)F)cc1Cl)N1C(=O)C[C@H](Sc2ccccc2)C1=O. The first-order chi connectivity index (χ1) is 12.7. The fourth-order valence-corrected chi connectivity index (χ4v) is 3.94. The highest BCUT2D eigenvalue weighted by molar-refractivity contribution is 8.00. The van der Waals surface area contributed by atoms with Crippen LogP contribution >= 0.6 is 23.4 Å². The molecule has 0 N–H and O–H groups in total. The number of amides is 2. The van der Waals surface area contributed by atoms with Crippen LogP contribution in [0.2, 0.25) is 5.02 Å². The van der Waals surface area contributed by atoms with E-state index < -0.39 is 28.8 Å². The molecule has 0 bridgehead atoms. The van der Waals surface area contributed by atoms with Crippen LogP contribution < -0.4 is 5.01 Å². The van der Waals surface area contributed by atoms with E-state index in [-0.39, 0.29) is 17.3 Å². The largest absolute Gasteiger partial charge is 0.417 e. The van der Waals surface area contributed by atoms with Crippen LogP contribution in [0.25, 0.3) is 0 Å². The number of carbonyl (C=O) groups is 2. The molecule has 10 heteroatoms. The maximum Gasteiger partial charge on any atom is 0.417 e. The molecule has 1 aromatic carbocycles. The lowest BCUT2D eigenvalue weighted by Gasteiger charge is -2.28. The molecule has 1 aliphatic rings. The van der Waals surface area contributed by atoms with Gasteiger partial charge < -0.3 is 0 Å². The Bertz CT molecular complexity index is 879. The van der Waals surface area contributed by atoms with Crippen molar-refractivity contribution in [2.75, 3.05) is 12.1 Å². The summed E-state index contributed by atoms with van der Waals surface area (Å²) in [7, 11) is 1.35. The number of nitrogens with zero attached hydrogens (tertiary/aromatic N) is 3. The van der Waals surface area contributed by atoms with E-state index in [4.69, 9.17) is 11.6 Å². The number of rotatable bonds is 4. The fraction of sp³-hybridized carbons (Fsp3) is 0.235. The molecule has 0 spiro atoms. The normalized spacial score (nSPS) is 17.5. The lowest BCUT2D eigenvalue weighted by Crippen LogP contribution is -2.45. The third kappa shape index (κ3) is 4.03. The van der Waals surface area contributed by atoms with Crippen molar-refractivity contribution in [3.8, 4) is 0 Å². The Morgan fingerprint density at radius 2 is 1.93 bits per heavy atom. The van der Waals surface area contributed by atoms with Gasteiger partial charge in [0.1, 0.15) is 0 Å². The Kier molecular flexibility index (Phi) is 5.34. The number of alkyl halides is 3. The average molecular weight is 416 g/mol. The van der Waals surface area contributed by atoms with Gasteiger partial charge in [0.2, 0.25) is 5.91 Å². The lowest BCUT2D eigenvalue weighted by molar-refractivity contribution is -0.139. The van der Waals surface area contributed by atoms with E-state index in [9.17, 15) is 22.8 Å². The van der Waals surface area contributed by atoms with Gasteiger partial charge in [0.05, 0.1) is 22.3 Å². The summed E-state index contributed by atoms with van der Waals surface area (Å²) in [5, 5.41) is 1.00. The van der Waals surface area contributed by atoms with Crippen LogP contribution in [-0.4, -0.2) is 34.1 Å². The monoisotopic (exact) mass is 415 g/mol. The summed E-state index contributed by atoms with van der Waals surface area (Å²) < 4.78 is 38.3. The molecule has 1 saturated heterocycles. The van der Waals surface area contributed by atoms with Crippen LogP contribution in [0, 0.1) is 0 Å². The number of anilines is 1. The van der Waals surface area contributed by atoms with Crippen molar-refractivity contribution >= 4 is 41.0 Å². The van der Waals surface area contributed by atoms with Crippen molar-refractivity contribution in [3.05, 3.63) is 53.2 Å². The highest BCUT2D eigenvalue weighted by Crippen LogP contribution is 2.36. The molecule has 0 unspecified atom stereocenters. The number of thioether (sulfide) groups is 1. The number of benzene rings is 1. The molecule has 0 saturated carbocycles. The van der Waals surface area contributed by atoms with E-state index in [1.807, 2.05) is 30.3 Å². The van der Waals surface area contributed by atoms with Crippen molar-refractivity contribution in [1.29, 1.82) is 0 Å². The summed E-state index contributed by atoms with van der Waals surface area (Å²) in [6.45, 7) is 0. The molecule has 5 nitrogen and oxygen atoms in total. The number of pyridine rings is 1.